The zero-order valence-corrected chi connectivity index (χ0v) is 14.0. The fraction of sp³-hybridized carbons (Fsp3) is 0.462. The van der Waals surface area contributed by atoms with E-state index in [-0.39, 0.29) is 16.5 Å². The summed E-state index contributed by atoms with van der Waals surface area (Å²) in [6, 6.07) is 0.790. The molecular formula is C13H16Cl2N2O3S. The third-order valence-corrected chi connectivity index (χ3v) is 6.76. The summed E-state index contributed by atoms with van der Waals surface area (Å²) in [6.07, 6.45) is 1.01. The standard InChI is InChI=1S/C13H16Cl2N2O3S/c1-7-6-9(14)8(2)12(11(7)15)21(19,20)17-5-3-4-10(17)13(16)18/h6,10H,3-5H2,1-2H3,(H2,16,18)/t10-/m1/s1. The van der Waals surface area contributed by atoms with E-state index in [2.05, 4.69) is 0 Å². The van der Waals surface area contributed by atoms with Gasteiger partial charge < -0.3 is 5.73 Å². The molecule has 1 aliphatic heterocycles. The second kappa shape index (κ2) is 5.76. The Balaban J connectivity index is 2.63. The first-order valence-electron chi connectivity index (χ1n) is 6.44. The number of hydrogen-bond acceptors (Lipinski definition) is 3. The fourth-order valence-corrected chi connectivity index (χ4v) is 5.39. The minimum atomic E-state index is -3.92. The lowest BCUT2D eigenvalue weighted by atomic mass is 10.2. The minimum absolute atomic E-state index is 0.0395. The number of primary amides is 1. The van der Waals surface area contributed by atoms with Crippen LogP contribution in [0, 0.1) is 13.8 Å². The number of benzene rings is 1. The molecule has 0 aromatic heterocycles. The summed E-state index contributed by atoms with van der Waals surface area (Å²) in [5.41, 5.74) is 6.24. The summed E-state index contributed by atoms with van der Waals surface area (Å²) in [5, 5.41) is 0.456. The summed E-state index contributed by atoms with van der Waals surface area (Å²) in [6.45, 7) is 3.52. The van der Waals surface area contributed by atoms with Gasteiger partial charge in [0.15, 0.2) is 0 Å². The molecule has 1 aromatic carbocycles. The molecule has 0 spiro atoms. The van der Waals surface area contributed by atoms with Gasteiger partial charge in [0.25, 0.3) is 0 Å². The number of rotatable bonds is 3. The van der Waals surface area contributed by atoms with Gasteiger partial charge in [-0.2, -0.15) is 4.31 Å². The smallest absolute Gasteiger partial charge is 0.245 e. The highest BCUT2D eigenvalue weighted by atomic mass is 35.5. The Kier molecular flexibility index (Phi) is 4.54. The van der Waals surface area contributed by atoms with Crippen molar-refractivity contribution in [3.05, 3.63) is 27.2 Å². The average Bonchev–Trinajstić information content (AvgIpc) is 2.86. The maximum absolute atomic E-state index is 12.9. The van der Waals surface area contributed by atoms with Crippen LogP contribution in [0.25, 0.3) is 0 Å². The Morgan fingerprint density at radius 1 is 1.38 bits per heavy atom. The number of halogens is 2. The van der Waals surface area contributed by atoms with E-state index in [1.807, 2.05) is 0 Å². The quantitative estimate of drug-likeness (QED) is 0.907. The maximum Gasteiger partial charge on any atom is 0.245 e. The first-order valence-corrected chi connectivity index (χ1v) is 8.64. The van der Waals surface area contributed by atoms with Gasteiger partial charge in [0, 0.05) is 11.6 Å². The predicted octanol–water partition coefficient (Wildman–Crippen LogP) is 2.25. The summed E-state index contributed by atoms with van der Waals surface area (Å²) in [4.78, 5) is 11.4. The van der Waals surface area contributed by atoms with E-state index < -0.39 is 22.0 Å². The van der Waals surface area contributed by atoms with Crippen LogP contribution in [0.1, 0.15) is 24.0 Å². The molecule has 0 saturated carbocycles. The number of aryl methyl sites for hydroxylation is 1. The first-order chi connectivity index (χ1) is 9.67. The monoisotopic (exact) mass is 350 g/mol. The van der Waals surface area contributed by atoms with Crippen molar-refractivity contribution in [2.75, 3.05) is 6.54 Å². The zero-order chi connectivity index (χ0) is 15.9. The van der Waals surface area contributed by atoms with Crippen molar-refractivity contribution >= 4 is 39.1 Å². The van der Waals surface area contributed by atoms with Crippen molar-refractivity contribution < 1.29 is 13.2 Å². The number of nitrogens with two attached hydrogens (primary N) is 1. The largest absolute Gasteiger partial charge is 0.368 e. The molecule has 5 nitrogen and oxygen atoms in total. The molecule has 1 heterocycles. The van der Waals surface area contributed by atoms with Crippen LogP contribution in [0.3, 0.4) is 0 Å². The van der Waals surface area contributed by atoms with Crippen LogP contribution in [-0.4, -0.2) is 31.2 Å². The Morgan fingerprint density at radius 3 is 2.57 bits per heavy atom. The lowest BCUT2D eigenvalue weighted by molar-refractivity contribution is -0.121. The van der Waals surface area contributed by atoms with Crippen LogP contribution in [0.2, 0.25) is 10.0 Å². The van der Waals surface area contributed by atoms with E-state index >= 15 is 0 Å². The Labute approximate surface area is 134 Å². The second-order valence-electron chi connectivity index (χ2n) is 5.12. The minimum Gasteiger partial charge on any atom is -0.368 e. The van der Waals surface area contributed by atoms with Crippen LogP contribution in [0.4, 0.5) is 0 Å². The van der Waals surface area contributed by atoms with E-state index in [4.69, 9.17) is 28.9 Å². The van der Waals surface area contributed by atoms with Crippen molar-refractivity contribution in [1.82, 2.24) is 4.31 Å². The van der Waals surface area contributed by atoms with E-state index in [1.165, 1.54) is 0 Å². The van der Waals surface area contributed by atoms with Gasteiger partial charge in [-0.25, -0.2) is 8.42 Å². The third-order valence-electron chi connectivity index (χ3n) is 3.69. The molecule has 0 unspecified atom stereocenters. The van der Waals surface area contributed by atoms with Gasteiger partial charge in [0.1, 0.15) is 10.9 Å². The summed E-state index contributed by atoms with van der Waals surface area (Å²) in [7, 11) is -3.92. The number of nitrogens with zero attached hydrogens (tertiary/aromatic N) is 1. The van der Waals surface area contributed by atoms with Gasteiger partial charge in [-0.3, -0.25) is 4.79 Å². The van der Waals surface area contributed by atoms with Gasteiger partial charge in [-0.1, -0.05) is 23.2 Å². The average molecular weight is 351 g/mol. The lowest BCUT2D eigenvalue weighted by Gasteiger charge is -2.24. The Hall–Kier alpha value is -0.820. The first kappa shape index (κ1) is 16.5. The molecular weight excluding hydrogens is 335 g/mol. The molecule has 1 saturated heterocycles. The van der Waals surface area contributed by atoms with Crippen LogP contribution >= 0.6 is 23.2 Å². The molecule has 0 radical (unpaired) electrons. The number of hydrogen-bond donors (Lipinski definition) is 1. The summed E-state index contributed by atoms with van der Waals surface area (Å²) < 4.78 is 26.9. The van der Waals surface area contributed by atoms with Gasteiger partial charge in [-0.05, 0) is 43.9 Å². The molecule has 2 rings (SSSR count). The number of carbonyl (C=O) groups excluding carboxylic acids is 1. The van der Waals surface area contributed by atoms with Crippen molar-refractivity contribution in [3.63, 3.8) is 0 Å². The third kappa shape index (κ3) is 2.77. The van der Waals surface area contributed by atoms with Crippen LogP contribution in [-0.2, 0) is 14.8 Å². The molecule has 2 N–H and O–H groups in total. The van der Waals surface area contributed by atoms with E-state index in [9.17, 15) is 13.2 Å². The topological polar surface area (TPSA) is 80.5 Å². The highest BCUT2D eigenvalue weighted by Gasteiger charge is 2.40. The molecule has 1 atom stereocenters. The summed E-state index contributed by atoms with van der Waals surface area (Å²) >= 11 is 12.2. The van der Waals surface area contributed by atoms with E-state index in [1.54, 1.807) is 19.9 Å². The Bertz CT molecular complexity index is 678. The van der Waals surface area contributed by atoms with Crippen molar-refractivity contribution in [3.8, 4) is 0 Å². The van der Waals surface area contributed by atoms with Crippen molar-refractivity contribution in [2.24, 2.45) is 5.73 Å². The molecule has 0 aliphatic carbocycles. The summed E-state index contributed by atoms with van der Waals surface area (Å²) in [5.74, 6) is -0.649. The highest BCUT2D eigenvalue weighted by Crippen LogP contribution is 2.37. The van der Waals surface area contributed by atoms with E-state index in [0.29, 0.717) is 29.0 Å². The number of carbonyl (C=O) groups is 1. The van der Waals surface area contributed by atoms with Crippen LogP contribution in [0.5, 0.6) is 0 Å². The van der Waals surface area contributed by atoms with Crippen molar-refractivity contribution in [2.45, 2.75) is 37.6 Å². The predicted molar refractivity (Wildman–Crippen MR) is 82.0 cm³/mol. The van der Waals surface area contributed by atoms with Crippen LogP contribution in [0.15, 0.2) is 11.0 Å². The van der Waals surface area contributed by atoms with Crippen LogP contribution < -0.4 is 5.73 Å². The van der Waals surface area contributed by atoms with Crippen molar-refractivity contribution in [1.29, 1.82) is 0 Å². The molecule has 21 heavy (non-hydrogen) atoms. The molecule has 1 amide bonds. The molecule has 1 fully saturated rings. The SMILES string of the molecule is Cc1cc(Cl)c(C)c(S(=O)(=O)N2CCC[C@@H]2C(N)=O)c1Cl. The number of amides is 1. The van der Waals surface area contributed by atoms with E-state index in [0.717, 1.165) is 4.31 Å². The number of sulfonamides is 1. The van der Waals surface area contributed by atoms with Gasteiger partial charge in [0.2, 0.25) is 15.9 Å². The normalized spacial score (nSPS) is 19.9. The lowest BCUT2D eigenvalue weighted by Crippen LogP contribution is -2.43. The maximum atomic E-state index is 12.9. The molecule has 0 bridgehead atoms. The van der Waals surface area contributed by atoms with Gasteiger partial charge in [0.05, 0.1) is 5.02 Å². The Morgan fingerprint density at radius 2 is 2.00 bits per heavy atom. The molecule has 116 valence electrons. The second-order valence-corrected chi connectivity index (χ2v) is 7.73. The molecule has 1 aliphatic rings. The molecule has 1 aromatic rings. The van der Waals surface area contributed by atoms with Gasteiger partial charge >= 0.3 is 0 Å². The highest BCUT2D eigenvalue weighted by molar-refractivity contribution is 7.89. The fourth-order valence-electron chi connectivity index (χ4n) is 2.55. The van der Waals surface area contributed by atoms with Gasteiger partial charge in [-0.15, -0.1) is 0 Å². The molecule has 8 heteroatoms. The zero-order valence-electron chi connectivity index (χ0n) is 11.7.